The largest absolute Gasteiger partial charge is 0.465 e. The molecule has 0 bridgehead atoms. The maximum absolute atomic E-state index is 12.8. The number of esters is 2. The maximum Gasteiger partial charge on any atom is 0.339 e. The molecule has 2 rings (SSSR count). The molecule has 1 atom stereocenters. The van der Waals surface area contributed by atoms with Crippen molar-refractivity contribution in [1.29, 1.82) is 0 Å². The molecule has 0 aliphatic carbocycles. The van der Waals surface area contributed by atoms with Crippen LogP contribution in [0.5, 0.6) is 0 Å². The monoisotopic (exact) mass is 416 g/mol. The standard InChI is InChI=1S/C20H20N2O8/c1-11(2)12(3)30-20(24)16-8-6-14(22(27)28)10-18(16)17-9-13(21(25)26)5-7-15(17)19(23)29-4/h5-12H,1-4H3/t12-/m0/s1. The first-order valence-corrected chi connectivity index (χ1v) is 8.93. The van der Waals surface area contributed by atoms with E-state index < -0.39 is 27.9 Å². The van der Waals surface area contributed by atoms with Crippen LogP contribution in [0.3, 0.4) is 0 Å². The minimum atomic E-state index is -0.818. The van der Waals surface area contributed by atoms with Crippen molar-refractivity contribution in [2.75, 3.05) is 7.11 Å². The Kier molecular flexibility index (Phi) is 6.83. The maximum atomic E-state index is 12.8. The smallest absolute Gasteiger partial charge is 0.339 e. The lowest BCUT2D eigenvalue weighted by Gasteiger charge is -2.18. The first-order chi connectivity index (χ1) is 14.1. The van der Waals surface area contributed by atoms with Crippen LogP contribution in [0, 0.1) is 26.1 Å². The van der Waals surface area contributed by atoms with Crippen molar-refractivity contribution in [2.45, 2.75) is 26.9 Å². The van der Waals surface area contributed by atoms with Gasteiger partial charge >= 0.3 is 11.9 Å². The summed E-state index contributed by atoms with van der Waals surface area (Å²) in [6.45, 7) is 5.40. The third-order valence-electron chi connectivity index (χ3n) is 4.58. The number of hydrogen-bond acceptors (Lipinski definition) is 8. The number of carbonyl (C=O) groups is 2. The minimum Gasteiger partial charge on any atom is -0.465 e. The molecule has 30 heavy (non-hydrogen) atoms. The second-order valence-corrected chi connectivity index (χ2v) is 6.82. The van der Waals surface area contributed by atoms with Gasteiger partial charge in [0.1, 0.15) is 6.10 Å². The van der Waals surface area contributed by atoms with E-state index in [4.69, 9.17) is 9.47 Å². The Morgan fingerprint density at radius 1 is 0.833 bits per heavy atom. The molecule has 0 radical (unpaired) electrons. The fourth-order valence-corrected chi connectivity index (χ4v) is 2.57. The van der Waals surface area contributed by atoms with Crippen molar-refractivity contribution < 1.29 is 28.9 Å². The van der Waals surface area contributed by atoms with Gasteiger partial charge < -0.3 is 9.47 Å². The van der Waals surface area contributed by atoms with Gasteiger partial charge in [-0.15, -0.1) is 0 Å². The summed E-state index contributed by atoms with van der Waals surface area (Å²) in [4.78, 5) is 46.1. The van der Waals surface area contributed by atoms with Gasteiger partial charge in [-0.2, -0.15) is 0 Å². The van der Waals surface area contributed by atoms with E-state index >= 15 is 0 Å². The molecule has 0 spiro atoms. The van der Waals surface area contributed by atoms with Crippen molar-refractivity contribution >= 4 is 23.3 Å². The van der Waals surface area contributed by atoms with E-state index in [1.54, 1.807) is 6.92 Å². The first-order valence-electron chi connectivity index (χ1n) is 8.93. The van der Waals surface area contributed by atoms with Crippen molar-refractivity contribution in [3.8, 4) is 11.1 Å². The van der Waals surface area contributed by atoms with E-state index in [0.29, 0.717) is 0 Å². The number of nitrogens with zero attached hydrogens (tertiary/aromatic N) is 2. The summed E-state index contributed by atoms with van der Waals surface area (Å²) in [5.74, 6) is -1.58. The number of rotatable bonds is 7. The third-order valence-corrected chi connectivity index (χ3v) is 4.58. The van der Waals surface area contributed by atoms with Crippen LogP contribution in [-0.2, 0) is 9.47 Å². The van der Waals surface area contributed by atoms with E-state index in [1.165, 1.54) is 12.1 Å². The molecular formula is C20H20N2O8. The van der Waals surface area contributed by atoms with Crippen molar-refractivity contribution in [3.63, 3.8) is 0 Å². The van der Waals surface area contributed by atoms with Gasteiger partial charge in [-0.3, -0.25) is 20.2 Å². The van der Waals surface area contributed by atoms with Gasteiger partial charge in [0.2, 0.25) is 0 Å². The third kappa shape index (κ3) is 4.77. The van der Waals surface area contributed by atoms with Crippen molar-refractivity contribution in [2.24, 2.45) is 5.92 Å². The second-order valence-electron chi connectivity index (χ2n) is 6.82. The van der Waals surface area contributed by atoms with Gasteiger partial charge in [0, 0.05) is 35.4 Å². The van der Waals surface area contributed by atoms with Gasteiger partial charge in [0.25, 0.3) is 11.4 Å². The van der Waals surface area contributed by atoms with Crippen molar-refractivity contribution in [1.82, 2.24) is 0 Å². The van der Waals surface area contributed by atoms with Crippen LogP contribution < -0.4 is 0 Å². The molecule has 2 aromatic carbocycles. The zero-order valence-electron chi connectivity index (χ0n) is 16.8. The van der Waals surface area contributed by atoms with Crippen LogP contribution in [0.15, 0.2) is 36.4 Å². The summed E-state index contributed by atoms with van der Waals surface area (Å²) < 4.78 is 10.1. The summed E-state index contributed by atoms with van der Waals surface area (Å²) in [7, 11) is 1.13. The SMILES string of the molecule is COC(=O)c1ccc([N+](=O)[O-])cc1-c1cc([N+](=O)[O-])ccc1C(=O)O[C@@H](C)C(C)C. The molecule has 0 aliphatic rings. The molecule has 0 unspecified atom stereocenters. The summed E-state index contributed by atoms with van der Waals surface area (Å²) in [5.41, 5.74) is -0.980. The molecule has 0 aromatic heterocycles. The van der Waals surface area contributed by atoms with Crippen LogP contribution in [-0.4, -0.2) is 35.0 Å². The lowest BCUT2D eigenvalue weighted by molar-refractivity contribution is -0.385. The number of benzene rings is 2. The molecule has 0 saturated carbocycles. The molecule has 158 valence electrons. The number of non-ortho nitro benzene ring substituents is 2. The summed E-state index contributed by atoms with van der Waals surface area (Å²) in [5, 5.41) is 22.5. The van der Waals surface area contributed by atoms with Gasteiger partial charge in [-0.1, -0.05) is 13.8 Å². The zero-order valence-corrected chi connectivity index (χ0v) is 16.8. The fourth-order valence-electron chi connectivity index (χ4n) is 2.57. The second kappa shape index (κ2) is 9.12. The number of ether oxygens (including phenoxy) is 2. The molecule has 0 heterocycles. The topological polar surface area (TPSA) is 139 Å². The van der Waals surface area contributed by atoms with E-state index in [0.717, 1.165) is 31.4 Å². The van der Waals surface area contributed by atoms with E-state index in [-0.39, 0.29) is 39.5 Å². The molecule has 0 amide bonds. The highest BCUT2D eigenvalue weighted by Crippen LogP contribution is 2.34. The van der Waals surface area contributed by atoms with E-state index in [2.05, 4.69) is 0 Å². The molecule has 0 N–H and O–H groups in total. The van der Waals surface area contributed by atoms with Gasteiger partial charge in [-0.25, -0.2) is 9.59 Å². The lowest BCUT2D eigenvalue weighted by Crippen LogP contribution is -2.21. The highest BCUT2D eigenvalue weighted by atomic mass is 16.6. The summed E-state index contributed by atoms with van der Waals surface area (Å²) in [6, 6.07) is 6.73. The first kappa shape index (κ1) is 22.5. The van der Waals surface area contributed by atoms with E-state index in [1.807, 2.05) is 13.8 Å². The molecule has 10 nitrogen and oxygen atoms in total. The number of methoxy groups -OCH3 is 1. The molecular weight excluding hydrogens is 396 g/mol. The van der Waals surface area contributed by atoms with Crippen LogP contribution in [0.4, 0.5) is 11.4 Å². The summed E-state index contributed by atoms with van der Waals surface area (Å²) in [6.07, 6.45) is -0.453. The molecule has 0 aliphatic heterocycles. The van der Waals surface area contributed by atoms with Crippen LogP contribution in [0.2, 0.25) is 0 Å². The number of carbonyl (C=O) groups excluding carboxylic acids is 2. The van der Waals surface area contributed by atoms with E-state index in [9.17, 15) is 29.8 Å². The Labute approximate surface area is 171 Å². The Morgan fingerprint density at radius 3 is 1.63 bits per heavy atom. The Balaban J connectivity index is 2.77. The Morgan fingerprint density at radius 2 is 1.27 bits per heavy atom. The Bertz CT molecular complexity index is 1020. The zero-order chi connectivity index (χ0) is 22.6. The molecule has 0 fully saturated rings. The van der Waals surface area contributed by atoms with Gasteiger partial charge in [-0.05, 0) is 25.0 Å². The van der Waals surface area contributed by atoms with Crippen LogP contribution in [0.1, 0.15) is 41.5 Å². The minimum absolute atomic E-state index is 0.0129. The summed E-state index contributed by atoms with van der Waals surface area (Å²) >= 11 is 0. The Hall–Kier alpha value is -3.82. The predicted octanol–water partition coefficient (Wildman–Crippen LogP) is 4.16. The number of nitro benzene ring substituents is 2. The highest BCUT2D eigenvalue weighted by Gasteiger charge is 2.26. The number of nitro groups is 2. The van der Waals surface area contributed by atoms with Crippen molar-refractivity contribution in [3.05, 3.63) is 67.8 Å². The molecule has 0 saturated heterocycles. The molecule has 10 heteroatoms. The van der Waals surface area contributed by atoms with Crippen LogP contribution >= 0.6 is 0 Å². The van der Waals surface area contributed by atoms with Crippen LogP contribution in [0.25, 0.3) is 11.1 Å². The van der Waals surface area contributed by atoms with Gasteiger partial charge in [0.15, 0.2) is 0 Å². The lowest BCUT2D eigenvalue weighted by atomic mass is 9.94. The average Bonchev–Trinajstić information content (AvgIpc) is 2.71. The predicted molar refractivity (Wildman–Crippen MR) is 106 cm³/mol. The average molecular weight is 416 g/mol. The normalized spacial score (nSPS) is 11.6. The number of hydrogen-bond donors (Lipinski definition) is 0. The fraction of sp³-hybridized carbons (Fsp3) is 0.300. The molecule has 2 aromatic rings. The quantitative estimate of drug-likeness (QED) is 0.372. The van der Waals surface area contributed by atoms with Gasteiger partial charge in [0.05, 0.1) is 28.1 Å². The highest BCUT2D eigenvalue weighted by molar-refractivity contribution is 6.04.